The standard InChI is InChI=1S/C27H24O7/c1-18-17-31-27(34-26(30)21-15-9-4-10-16-21)23(33-25(29)20-13-7-3-8-14-20)22(18)32-24(28)19-11-5-2-6-12-19/h2-16,18,22-23,27H,17H2,1H3/t18-,22-,23+,27?/m1/s1. The summed E-state index contributed by atoms with van der Waals surface area (Å²) in [6.07, 6.45) is -3.33. The van der Waals surface area contributed by atoms with Crippen molar-refractivity contribution in [3.8, 4) is 0 Å². The first-order chi connectivity index (χ1) is 16.5. The Kier molecular flexibility index (Phi) is 7.34. The molecule has 1 aliphatic heterocycles. The summed E-state index contributed by atoms with van der Waals surface area (Å²) in [6, 6.07) is 25.3. The first-order valence-electron chi connectivity index (χ1n) is 10.9. The third-order valence-electron chi connectivity index (χ3n) is 5.41. The minimum absolute atomic E-state index is 0.138. The van der Waals surface area contributed by atoms with Crippen LogP contribution in [0.15, 0.2) is 91.0 Å². The molecule has 4 atom stereocenters. The lowest BCUT2D eigenvalue weighted by Gasteiger charge is -2.39. The third-order valence-corrected chi connectivity index (χ3v) is 5.41. The predicted molar refractivity (Wildman–Crippen MR) is 122 cm³/mol. The summed E-state index contributed by atoms with van der Waals surface area (Å²) >= 11 is 0. The van der Waals surface area contributed by atoms with Crippen LogP contribution in [-0.4, -0.2) is 43.0 Å². The SMILES string of the molecule is C[C@@H]1COC(OC(=O)c2ccccc2)[C@@H](OC(=O)c2ccccc2)[C@@H]1OC(=O)c1ccccc1. The van der Waals surface area contributed by atoms with Crippen molar-refractivity contribution in [2.24, 2.45) is 5.92 Å². The molecule has 3 aromatic rings. The highest BCUT2D eigenvalue weighted by atomic mass is 16.7. The zero-order valence-electron chi connectivity index (χ0n) is 18.5. The maximum absolute atomic E-state index is 12.9. The van der Waals surface area contributed by atoms with E-state index in [4.69, 9.17) is 18.9 Å². The highest BCUT2D eigenvalue weighted by Gasteiger charge is 2.46. The number of rotatable bonds is 6. The van der Waals surface area contributed by atoms with Crippen LogP contribution in [0.25, 0.3) is 0 Å². The smallest absolute Gasteiger partial charge is 0.340 e. The molecule has 0 aliphatic carbocycles. The number of carbonyl (C=O) groups excluding carboxylic acids is 3. The molecule has 1 unspecified atom stereocenters. The van der Waals surface area contributed by atoms with Gasteiger partial charge in [-0.15, -0.1) is 0 Å². The number of esters is 3. The first kappa shape index (κ1) is 23.2. The van der Waals surface area contributed by atoms with Gasteiger partial charge in [0.1, 0.15) is 6.10 Å². The molecular weight excluding hydrogens is 436 g/mol. The van der Waals surface area contributed by atoms with Crippen molar-refractivity contribution in [2.75, 3.05) is 6.61 Å². The van der Waals surface area contributed by atoms with E-state index >= 15 is 0 Å². The van der Waals surface area contributed by atoms with E-state index in [2.05, 4.69) is 0 Å². The molecule has 3 aromatic carbocycles. The third kappa shape index (κ3) is 5.50. The van der Waals surface area contributed by atoms with Gasteiger partial charge < -0.3 is 18.9 Å². The molecule has 7 heteroatoms. The summed E-state index contributed by atoms with van der Waals surface area (Å²) in [5.41, 5.74) is 0.977. The second kappa shape index (κ2) is 10.8. The monoisotopic (exact) mass is 460 g/mol. The van der Waals surface area contributed by atoms with Gasteiger partial charge in [-0.1, -0.05) is 61.5 Å². The van der Waals surface area contributed by atoms with E-state index in [1.54, 1.807) is 91.0 Å². The molecule has 0 bridgehead atoms. The van der Waals surface area contributed by atoms with Gasteiger partial charge in [-0.3, -0.25) is 0 Å². The number of hydrogen-bond acceptors (Lipinski definition) is 7. The fourth-order valence-electron chi connectivity index (χ4n) is 3.60. The van der Waals surface area contributed by atoms with Crippen LogP contribution < -0.4 is 0 Å². The molecule has 0 amide bonds. The maximum atomic E-state index is 12.9. The molecule has 0 saturated carbocycles. The van der Waals surface area contributed by atoms with E-state index in [0.717, 1.165) is 0 Å². The van der Waals surface area contributed by atoms with Gasteiger partial charge in [0.25, 0.3) is 0 Å². The van der Waals surface area contributed by atoms with Crippen LogP contribution in [0.1, 0.15) is 38.0 Å². The predicted octanol–water partition coefficient (Wildman–Crippen LogP) is 4.29. The zero-order chi connectivity index (χ0) is 23.9. The van der Waals surface area contributed by atoms with Gasteiger partial charge in [0.15, 0.2) is 0 Å². The van der Waals surface area contributed by atoms with Gasteiger partial charge in [0.05, 0.1) is 23.3 Å². The minimum atomic E-state index is -1.26. The molecule has 1 heterocycles. The van der Waals surface area contributed by atoms with E-state index in [0.29, 0.717) is 16.7 Å². The van der Waals surface area contributed by atoms with Gasteiger partial charge in [0, 0.05) is 5.92 Å². The lowest BCUT2D eigenvalue weighted by atomic mass is 9.96. The van der Waals surface area contributed by atoms with Crippen molar-refractivity contribution in [3.63, 3.8) is 0 Å². The molecule has 1 saturated heterocycles. The minimum Gasteiger partial charge on any atom is -0.454 e. The molecule has 0 N–H and O–H groups in total. The number of hydrogen-bond donors (Lipinski definition) is 0. The van der Waals surface area contributed by atoms with Crippen molar-refractivity contribution in [1.82, 2.24) is 0 Å². The molecule has 0 radical (unpaired) electrons. The molecule has 174 valence electrons. The Morgan fingerprint density at radius 1 is 0.618 bits per heavy atom. The number of ether oxygens (including phenoxy) is 4. The van der Waals surface area contributed by atoms with Crippen molar-refractivity contribution in [3.05, 3.63) is 108 Å². The van der Waals surface area contributed by atoms with Crippen LogP contribution >= 0.6 is 0 Å². The van der Waals surface area contributed by atoms with Crippen molar-refractivity contribution in [1.29, 1.82) is 0 Å². The summed E-state index contributed by atoms with van der Waals surface area (Å²) in [5.74, 6) is -2.19. The molecule has 1 fully saturated rings. The number of carbonyl (C=O) groups is 3. The average Bonchev–Trinajstić information content (AvgIpc) is 2.89. The van der Waals surface area contributed by atoms with Crippen molar-refractivity contribution < 1.29 is 33.3 Å². The topological polar surface area (TPSA) is 88.1 Å². The fourth-order valence-corrected chi connectivity index (χ4v) is 3.60. The Morgan fingerprint density at radius 2 is 1.00 bits per heavy atom. The maximum Gasteiger partial charge on any atom is 0.340 e. The molecule has 34 heavy (non-hydrogen) atoms. The Labute approximate surface area is 197 Å². The highest BCUT2D eigenvalue weighted by molar-refractivity contribution is 5.91. The van der Waals surface area contributed by atoms with E-state index in [9.17, 15) is 14.4 Å². The van der Waals surface area contributed by atoms with Crippen LogP contribution in [-0.2, 0) is 18.9 Å². The number of benzene rings is 3. The van der Waals surface area contributed by atoms with Gasteiger partial charge in [-0.25, -0.2) is 14.4 Å². The summed E-state index contributed by atoms with van der Waals surface area (Å²) in [5, 5.41) is 0. The highest BCUT2D eigenvalue weighted by Crippen LogP contribution is 2.29. The van der Waals surface area contributed by atoms with E-state index in [-0.39, 0.29) is 12.5 Å². The molecule has 0 spiro atoms. The zero-order valence-corrected chi connectivity index (χ0v) is 18.5. The largest absolute Gasteiger partial charge is 0.454 e. The van der Waals surface area contributed by atoms with Gasteiger partial charge in [0.2, 0.25) is 12.4 Å². The van der Waals surface area contributed by atoms with Gasteiger partial charge in [-0.05, 0) is 36.4 Å². The second-order valence-electron chi connectivity index (χ2n) is 7.92. The van der Waals surface area contributed by atoms with E-state index in [1.165, 1.54) is 0 Å². The van der Waals surface area contributed by atoms with E-state index < -0.39 is 36.4 Å². The van der Waals surface area contributed by atoms with Crippen molar-refractivity contribution >= 4 is 17.9 Å². The Bertz CT molecular complexity index is 1120. The summed E-state index contributed by atoms with van der Waals surface area (Å²) in [7, 11) is 0. The van der Waals surface area contributed by atoms with Crippen LogP contribution in [0.5, 0.6) is 0 Å². The Balaban J connectivity index is 1.59. The summed E-state index contributed by atoms with van der Waals surface area (Å²) in [6.45, 7) is 1.94. The van der Waals surface area contributed by atoms with Crippen LogP contribution in [0, 0.1) is 5.92 Å². The Morgan fingerprint density at radius 3 is 1.44 bits per heavy atom. The molecule has 0 aromatic heterocycles. The quantitative estimate of drug-likeness (QED) is 0.401. The van der Waals surface area contributed by atoms with Crippen LogP contribution in [0.2, 0.25) is 0 Å². The van der Waals surface area contributed by atoms with Gasteiger partial charge >= 0.3 is 17.9 Å². The lowest BCUT2D eigenvalue weighted by Crippen LogP contribution is -2.54. The summed E-state index contributed by atoms with van der Waals surface area (Å²) < 4.78 is 22.8. The Hall–Kier alpha value is -3.97. The molecular formula is C27H24O7. The molecule has 1 aliphatic rings. The molecule has 4 rings (SSSR count). The van der Waals surface area contributed by atoms with Crippen molar-refractivity contribution in [2.45, 2.75) is 25.4 Å². The normalized spacial score (nSPS) is 21.8. The lowest BCUT2D eigenvalue weighted by molar-refractivity contribution is -0.236. The first-order valence-corrected chi connectivity index (χ1v) is 10.9. The van der Waals surface area contributed by atoms with Gasteiger partial charge in [-0.2, -0.15) is 0 Å². The van der Waals surface area contributed by atoms with Crippen LogP contribution in [0.3, 0.4) is 0 Å². The fraction of sp³-hybridized carbons (Fsp3) is 0.222. The molecule has 7 nitrogen and oxygen atoms in total. The second-order valence-corrected chi connectivity index (χ2v) is 7.92. The summed E-state index contributed by atoms with van der Waals surface area (Å²) in [4.78, 5) is 38.4. The average molecular weight is 460 g/mol. The van der Waals surface area contributed by atoms with E-state index in [1.807, 2.05) is 6.92 Å². The van der Waals surface area contributed by atoms with Crippen LogP contribution in [0.4, 0.5) is 0 Å².